The van der Waals surface area contributed by atoms with Gasteiger partial charge in [0.25, 0.3) is 5.56 Å². The van der Waals surface area contributed by atoms with Crippen LogP contribution >= 0.6 is 30.3 Å². The fraction of sp³-hybridized carbons (Fsp3) is 0.188. The number of amides is 1. The Morgan fingerprint density at radius 3 is 2.39 bits per heavy atom. The molecule has 2 aromatic heterocycles. The number of halogens is 2. The molecule has 0 aliphatic heterocycles. The zero-order valence-electron chi connectivity index (χ0n) is 24.5. The number of benzene rings is 3. The summed E-state index contributed by atoms with van der Waals surface area (Å²) in [6.07, 6.45) is 3.31. The van der Waals surface area contributed by atoms with Crippen LogP contribution in [0, 0.1) is 6.92 Å². The average Bonchev–Trinajstić information content (AvgIpc) is 3.41. The van der Waals surface area contributed by atoms with E-state index >= 15 is 0 Å². The molecule has 1 amide bonds. The standard InChI is InChI=1S/C32H30Cl2N5O4P/c1-20-14-23(11-13-29(20)44(3,4)42)35-32(41)27(15-21-8-6-5-7-9-21)38-18-28(43-2)25(17-31(38)40)24-16-22(33)10-12-26(24)39-19-30(34)36-37-39/h5-14,16-19,27H,15H2,1-4H3,(H,35,41). The molecule has 2 heterocycles. The second-order valence-electron chi connectivity index (χ2n) is 10.7. The van der Waals surface area contributed by atoms with Crippen molar-refractivity contribution in [1.29, 1.82) is 0 Å². The van der Waals surface area contributed by atoms with Crippen LogP contribution in [0.15, 0.2) is 90.0 Å². The molecule has 5 rings (SSSR count). The summed E-state index contributed by atoms with van der Waals surface area (Å²) in [5, 5.41) is 12.3. The number of anilines is 1. The molecular weight excluding hydrogens is 620 g/mol. The van der Waals surface area contributed by atoms with Crippen molar-refractivity contribution in [2.24, 2.45) is 0 Å². The van der Waals surface area contributed by atoms with Crippen molar-refractivity contribution < 1.29 is 14.1 Å². The van der Waals surface area contributed by atoms with Gasteiger partial charge in [0.2, 0.25) is 5.91 Å². The largest absolute Gasteiger partial charge is 0.495 e. The Labute approximate surface area is 264 Å². The van der Waals surface area contributed by atoms with Gasteiger partial charge in [-0.05, 0) is 67.8 Å². The molecular formula is C32H30Cl2N5O4P. The van der Waals surface area contributed by atoms with E-state index in [4.69, 9.17) is 27.9 Å². The van der Waals surface area contributed by atoms with Gasteiger partial charge in [-0.15, -0.1) is 5.10 Å². The van der Waals surface area contributed by atoms with E-state index in [1.165, 1.54) is 34.8 Å². The smallest absolute Gasteiger partial charge is 0.252 e. The number of methoxy groups -OCH3 is 1. The zero-order valence-corrected chi connectivity index (χ0v) is 26.9. The minimum atomic E-state index is -2.49. The lowest BCUT2D eigenvalue weighted by Gasteiger charge is -2.22. The normalized spacial score (nSPS) is 12.1. The van der Waals surface area contributed by atoms with Crippen molar-refractivity contribution in [3.8, 4) is 22.6 Å². The number of rotatable bonds is 9. The number of carbonyl (C=O) groups is 1. The second kappa shape index (κ2) is 12.8. The third-order valence-corrected chi connectivity index (χ3v) is 9.25. The number of hydrogen-bond acceptors (Lipinski definition) is 6. The van der Waals surface area contributed by atoms with Crippen LogP contribution in [0.25, 0.3) is 16.8 Å². The highest BCUT2D eigenvalue weighted by molar-refractivity contribution is 7.70. The van der Waals surface area contributed by atoms with Crippen molar-refractivity contribution in [2.45, 2.75) is 19.4 Å². The maximum absolute atomic E-state index is 13.9. The summed E-state index contributed by atoms with van der Waals surface area (Å²) in [6, 6.07) is 20.3. The van der Waals surface area contributed by atoms with Gasteiger partial charge in [-0.1, -0.05) is 58.7 Å². The van der Waals surface area contributed by atoms with Gasteiger partial charge >= 0.3 is 0 Å². The summed E-state index contributed by atoms with van der Waals surface area (Å²) in [5.41, 5.74) is 3.37. The highest BCUT2D eigenvalue weighted by Gasteiger charge is 2.26. The third-order valence-electron chi connectivity index (χ3n) is 7.18. The molecule has 1 atom stereocenters. The molecule has 0 bridgehead atoms. The molecule has 5 aromatic rings. The number of hydrogen-bond donors (Lipinski definition) is 1. The predicted molar refractivity (Wildman–Crippen MR) is 176 cm³/mol. The summed E-state index contributed by atoms with van der Waals surface area (Å²) in [5.74, 6) is -0.0539. The second-order valence-corrected chi connectivity index (χ2v) is 14.7. The zero-order chi connectivity index (χ0) is 31.6. The number of nitrogens with one attached hydrogen (secondary N) is 1. The maximum atomic E-state index is 13.9. The van der Waals surface area contributed by atoms with Crippen LogP contribution in [-0.2, 0) is 15.8 Å². The van der Waals surface area contributed by atoms with Gasteiger partial charge < -0.3 is 14.6 Å². The molecule has 0 saturated heterocycles. The van der Waals surface area contributed by atoms with Gasteiger partial charge in [0.15, 0.2) is 5.15 Å². The Morgan fingerprint density at radius 2 is 1.75 bits per heavy atom. The average molecular weight is 651 g/mol. The fourth-order valence-corrected chi connectivity index (χ4v) is 6.79. The van der Waals surface area contributed by atoms with Crippen LogP contribution in [0.4, 0.5) is 5.69 Å². The van der Waals surface area contributed by atoms with E-state index in [2.05, 4.69) is 15.6 Å². The highest BCUT2D eigenvalue weighted by Crippen LogP contribution is 2.37. The molecule has 12 heteroatoms. The lowest BCUT2D eigenvalue weighted by Crippen LogP contribution is -2.34. The first-order valence-corrected chi connectivity index (χ1v) is 17.0. The number of pyridine rings is 1. The summed E-state index contributed by atoms with van der Waals surface area (Å²) in [7, 11) is -1.00. The molecule has 0 aliphatic carbocycles. The van der Waals surface area contributed by atoms with Crippen LogP contribution in [0.5, 0.6) is 5.75 Å². The van der Waals surface area contributed by atoms with E-state index in [1.807, 2.05) is 37.3 Å². The Bertz CT molecular complexity index is 1950. The number of ether oxygens (including phenoxy) is 1. The first-order chi connectivity index (χ1) is 20.9. The van der Waals surface area contributed by atoms with E-state index in [-0.39, 0.29) is 11.6 Å². The first-order valence-electron chi connectivity index (χ1n) is 13.6. The summed E-state index contributed by atoms with van der Waals surface area (Å²) in [4.78, 5) is 27.7. The number of aromatic nitrogens is 4. The van der Waals surface area contributed by atoms with Gasteiger partial charge in [-0.3, -0.25) is 14.2 Å². The monoisotopic (exact) mass is 649 g/mol. The van der Waals surface area contributed by atoms with Crippen molar-refractivity contribution in [2.75, 3.05) is 25.8 Å². The van der Waals surface area contributed by atoms with Crippen LogP contribution < -0.4 is 20.9 Å². The van der Waals surface area contributed by atoms with Gasteiger partial charge in [-0.25, -0.2) is 4.68 Å². The SMILES string of the molecule is COc1cn(C(Cc2ccccc2)C(=O)Nc2ccc(P(C)(C)=O)c(C)c2)c(=O)cc1-c1cc(Cl)ccc1-n1cc(Cl)nn1. The van der Waals surface area contributed by atoms with Crippen molar-refractivity contribution in [3.63, 3.8) is 0 Å². The maximum Gasteiger partial charge on any atom is 0.252 e. The Kier molecular flexibility index (Phi) is 9.11. The minimum absolute atomic E-state index is 0.200. The van der Waals surface area contributed by atoms with E-state index in [9.17, 15) is 14.2 Å². The quantitative estimate of drug-likeness (QED) is 0.185. The third kappa shape index (κ3) is 6.81. The topological polar surface area (TPSA) is 108 Å². The molecule has 0 radical (unpaired) electrons. The lowest BCUT2D eigenvalue weighted by molar-refractivity contribution is -0.119. The van der Waals surface area contributed by atoms with Crippen LogP contribution in [0.2, 0.25) is 10.2 Å². The van der Waals surface area contributed by atoms with Gasteiger partial charge in [0, 0.05) is 39.6 Å². The van der Waals surface area contributed by atoms with Crippen LogP contribution in [-0.4, -0.2) is 45.9 Å². The van der Waals surface area contributed by atoms with Crippen molar-refractivity contribution in [1.82, 2.24) is 19.6 Å². The molecule has 226 valence electrons. The Hall–Kier alpha value is -4.17. The number of carbonyl (C=O) groups excluding carboxylic acids is 1. The summed E-state index contributed by atoms with van der Waals surface area (Å²) < 4.78 is 21.3. The minimum Gasteiger partial charge on any atom is -0.495 e. The van der Waals surface area contributed by atoms with Crippen molar-refractivity contribution in [3.05, 3.63) is 117 Å². The fourth-order valence-electron chi connectivity index (χ4n) is 5.15. The van der Waals surface area contributed by atoms with Gasteiger partial charge in [0.1, 0.15) is 18.9 Å². The number of aryl methyl sites for hydroxylation is 1. The lowest BCUT2D eigenvalue weighted by atomic mass is 10.0. The van der Waals surface area contributed by atoms with E-state index in [0.29, 0.717) is 33.3 Å². The molecule has 1 unspecified atom stereocenters. The van der Waals surface area contributed by atoms with Gasteiger partial charge in [-0.2, -0.15) is 0 Å². The van der Waals surface area contributed by atoms with Gasteiger partial charge in [0.05, 0.1) is 25.2 Å². The molecule has 0 fully saturated rings. The molecule has 0 saturated carbocycles. The molecule has 44 heavy (non-hydrogen) atoms. The molecule has 0 spiro atoms. The van der Waals surface area contributed by atoms with Crippen LogP contribution in [0.1, 0.15) is 17.2 Å². The Morgan fingerprint density at radius 1 is 1.00 bits per heavy atom. The molecule has 0 aliphatic rings. The highest BCUT2D eigenvalue weighted by atomic mass is 35.5. The Balaban J connectivity index is 1.59. The van der Waals surface area contributed by atoms with Crippen molar-refractivity contribution >= 4 is 47.2 Å². The van der Waals surface area contributed by atoms with E-state index in [1.54, 1.807) is 49.7 Å². The van der Waals surface area contributed by atoms with E-state index < -0.39 is 24.7 Å². The molecule has 3 aromatic carbocycles. The number of nitrogens with zero attached hydrogens (tertiary/aromatic N) is 4. The first kappa shape index (κ1) is 31.3. The predicted octanol–water partition coefficient (Wildman–Crippen LogP) is 6.39. The van der Waals surface area contributed by atoms with E-state index in [0.717, 1.165) is 16.4 Å². The molecule has 9 nitrogen and oxygen atoms in total. The molecule has 1 N–H and O–H groups in total. The summed E-state index contributed by atoms with van der Waals surface area (Å²) >= 11 is 12.4. The summed E-state index contributed by atoms with van der Waals surface area (Å²) in [6.45, 7) is 5.28. The van der Waals surface area contributed by atoms with Crippen LogP contribution in [0.3, 0.4) is 0 Å².